The highest BCUT2D eigenvalue weighted by atomic mass is 127. The van der Waals surface area contributed by atoms with E-state index in [4.69, 9.17) is 0 Å². The molecule has 0 unspecified atom stereocenters. The van der Waals surface area contributed by atoms with E-state index in [-0.39, 0.29) is 18.2 Å². The van der Waals surface area contributed by atoms with Gasteiger partial charge in [-0.1, -0.05) is 18.7 Å². The van der Waals surface area contributed by atoms with Crippen molar-refractivity contribution in [3.05, 3.63) is 72.5 Å². The molecule has 1 fully saturated rings. The van der Waals surface area contributed by atoms with Gasteiger partial charge in [-0.15, -0.1) is 0 Å². The Morgan fingerprint density at radius 2 is 2.03 bits per heavy atom. The van der Waals surface area contributed by atoms with Gasteiger partial charge in [0, 0.05) is 44.0 Å². The lowest BCUT2D eigenvalue weighted by molar-refractivity contribution is 0.153. The van der Waals surface area contributed by atoms with Gasteiger partial charge in [-0.25, -0.2) is 0 Å². The fraction of sp³-hybridized carbons (Fsp3) is 0.261. The highest BCUT2D eigenvalue weighted by molar-refractivity contribution is 14.1. The lowest BCUT2D eigenvalue weighted by atomic mass is 10.1. The van der Waals surface area contributed by atoms with Crippen LogP contribution in [-0.4, -0.2) is 34.2 Å². The summed E-state index contributed by atoms with van der Waals surface area (Å²) >= 11 is 2.25. The van der Waals surface area contributed by atoms with Crippen molar-refractivity contribution in [2.75, 3.05) is 18.5 Å². The number of nitrogens with one attached hydrogen (secondary N) is 2. The monoisotopic (exact) mass is 501 g/mol. The normalized spacial score (nSPS) is 17.9. The Kier molecular flexibility index (Phi) is 6.03. The number of hydrogen-bond donors (Lipinski definition) is 3. The third kappa shape index (κ3) is 4.39. The number of anilines is 1. The molecule has 1 aliphatic rings. The number of hydrogen-bond acceptors (Lipinski definition) is 4. The first-order chi connectivity index (χ1) is 14.0. The summed E-state index contributed by atoms with van der Waals surface area (Å²) in [6.07, 6.45) is 4.12. The van der Waals surface area contributed by atoms with Gasteiger partial charge in [0.1, 0.15) is 0 Å². The zero-order valence-electron chi connectivity index (χ0n) is 16.1. The van der Waals surface area contributed by atoms with Crippen molar-refractivity contribution < 1.29 is 5.11 Å². The fourth-order valence-corrected chi connectivity index (χ4v) is 4.43. The molecule has 5 nitrogen and oxygen atoms in total. The molecule has 1 atom stereocenters. The van der Waals surface area contributed by atoms with E-state index in [2.05, 4.69) is 68.6 Å². The largest absolute Gasteiger partial charge is 0.395 e. The molecule has 6 heteroatoms. The number of nitrogens with zero attached hydrogens (tertiary/aromatic N) is 1. The quantitative estimate of drug-likeness (QED) is 0.470. The molecule has 2 aromatic carbocycles. The van der Waals surface area contributed by atoms with E-state index in [9.17, 15) is 9.90 Å². The standard InChI is InChI=1S/C23H24IN3O2/c1-15-22(21-11-17(24)6-9-20(21)23(29)26-15)12-25-18-7-4-16(5-8-18)13-27-10-2-3-19(27)14-28/h4-9,11-12,19,25,28H,1-3,10,13-14H2,(H,26,29)/b22-12+/t19-/m0/s1. The number of pyridine rings is 1. The van der Waals surface area contributed by atoms with Crippen molar-refractivity contribution in [1.82, 2.24) is 9.88 Å². The molecule has 1 aliphatic heterocycles. The summed E-state index contributed by atoms with van der Waals surface area (Å²) in [4.78, 5) is 17.4. The summed E-state index contributed by atoms with van der Waals surface area (Å²) in [6.45, 7) is 6.14. The smallest absolute Gasteiger partial charge is 0.256 e. The number of H-pyrrole nitrogens is 1. The number of rotatable bonds is 5. The van der Waals surface area contributed by atoms with Crippen LogP contribution in [0.1, 0.15) is 18.4 Å². The van der Waals surface area contributed by atoms with E-state index in [0.717, 1.165) is 45.8 Å². The molecule has 29 heavy (non-hydrogen) atoms. The van der Waals surface area contributed by atoms with E-state index in [1.54, 1.807) is 0 Å². The van der Waals surface area contributed by atoms with Gasteiger partial charge >= 0.3 is 0 Å². The third-order valence-corrected chi connectivity index (χ3v) is 6.21. The molecule has 0 spiro atoms. The summed E-state index contributed by atoms with van der Waals surface area (Å²) in [6, 6.07) is 14.4. The molecule has 0 aliphatic carbocycles. The van der Waals surface area contributed by atoms with Gasteiger partial charge in [0.05, 0.1) is 6.61 Å². The van der Waals surface area contributed by atoms with Crippen molar-refractivity contribution in [2.24, 2.45) is 0 Å². The molecule has 4 rings (SSSR count). The lowest BCUT2D eigenvalue weighted by Gasteiger charge is -2.22. The minimum Gasteiger partial charge on any atom is -0.395 e. The minimum absolute atomic E-state index is 0.119. The molecule has 3 aromatic rings. The predicted molar refractivity (Wildman–Crippen MR) is 127 cm³/mol. The Hall–Kier alpha value is -2.16. The zero-order chi connectivity index (χ0) is 20.4. The Morgan fingerprint density at radius 3 is 2.79 bits per heavy atom. The van der Waals surface area contributed by atoms with Crippen LogP contribution < -0.4 is 21.4 Å². The Balaban J connectivity index is 1.58. The molecule has 0 amide bonds. The van der Waals surface area contributed by atoms with Crippen molar-refractivity contribution in [1.29, 1.82) is 0 Å². The van der Waals surface area contributed by atoms with Crippen molar-refractivity contribution >= 4 is 51.8 Å². The second-order valence-electron chi connectivity index (χ2n) is 7.47. The average Bonchev–Trinajstić information content (AvgIpc) is 3.16. The SMILES string of the molecule is C=c1[nH]c(=O)c2ccc(I)cc2/c1=C/Nc1ccc(CN2CCC[C@H]2CO)cc1. The van der Waals surface area contributed by atoms with Gasteiger partial charge in [0.25, 0.3) is 5.56 Å². The summed E-state index contributed by atoms with van der Waals surface area (Å²) in [7, 11) is 0. The molecule has 0 bridgehead atoms. The average molecular weight is 501 g/mol. The van der Waals surface area contributed by atoms with Crippen LogP contribution in [-0.2, 0) is 6.54 Å². The van der Waals surface area contributed by atoms with Gasteiger partial charge in [0.15, 0.2) is 0 Å². The molecule has 1 saturated heterocycles. The number of fused-ring (bicyclic) bond motifs is 1. The number of aliphatic hydroxyl groups is 1. The van der Waals surface area contributed by atoms with E-state index >= 15 is 0 Å². The van der Waals surface area contributed by atoms with E-state index in [0.29, 0.717) is 10.7 Å². The van der Waals surface area contributed by atoms with Gasteiger partial charge in [-0.05, 0) is 83.3 Å². The summed E-state index contributed by atoms with van der Waals surface area (Å²) in [5.74, 6) is 0. The molecule has 3 N–H and O–H groups in total. The molecule has 0 saturated carbocycles. The number of likely N-dealkylation sites (tertiary alicyclic amines) is 1. The number of aliphatic hydroxyl groups excluding tert-OH is 1. The molecular formula is C23H24IN3O2. The van der Waals surface area contributed by atoms with Gasteiger partial charge in [-0.3, -0.25) is 9.69 Å². The molecule has 150 valence electrons. The highest BCUT2D eigenvalue weighted by Gasteiger charge is 2.23. The molecular weight excluding hydrogens is 477 g/mol. The maximum absolute atomic E-state index is 12.2. The first kappa shape index (κ1) is 20.1. The van der Waals surface area contributed by atoms with Crippen molar-refractivity contribution in [2.45, 2.75) is 25.4 Å². The summed E-state index contributed by atoms with van der Waals surface area (Å²) in [5.41, 5.74) is 2.09. The van der Waals surface area contributed by atoms with Crippen LogP contribution in [0.15, 0.2) is 47.3 Å². The first-order valence-corrected chi connectivity index (χ1v) is 10.8. The zero-order valence-corrected chi connectivity index (χ0v) is 18.3. The summed E-state index contributed by atoms with van der Waals surface area (Å²) in [5, 5.41) is 15.8. The topological polar surface area (TPSA) is 68.4 Å². The molecule has 2 heterocycles. The van der Waals surface area contributed by atoms with Crippen LogP contribution in [0.3, 0.4) is 0 Å². The lowest BCUT2D eigenvalue weighted by Crippen LogP contribution is -2.34. The maximum Gasteiger partial charge on any atom is 0.256 e. The Morgan fingerprint density at radius 1 is 1.24 bits per heavy atom. The Labute approximate surface area is 182 Å². The van der Waals surface area contributed by atoms with Crippen LogP contribution in [0, 0.1) is 3.57 Å². The second kappa shape index (κ2) is 8.69. The number of halogens is 1. The summed E-state index contributed by atoms with van der Waals surface area (Å²) < 4.78 is 1.07. The van der Waals surface area contributed by atoms with Crippen molar-refractivity contribution in [3.63, 3.8) is 0 Å². The van der Waals surface area contributed by atoms with Crippen LogP contribution >= 0.6 is 22.6 Å². The molecule has 0 radical (unpaired) electrons. The van der Waals surface area contributed by atoms with E-state index in [1.807, 2.05) is 24.4 Å². The van der Waals surface area contributed by atoms with Crippen LogP contribution in [0.2, 0.25) is 0 Å². The van der Waals surface area contributed by atoms with Gasteiger partial charge < -0.3 is 15.4 Å². The Bertz CT molecular complexity index is 1190. The maximum atomic E-state index is 12.2. The van der Waals surface area contributed by atoms with Crippen molar-refractivity contribution in [3.8, 4) is 0 Å². The van der Waals surface area contributed by atoms with Crippen LogP contribution in [0.4, 0.5) is 5.69 Å². The number of aromatic nitrogens is 1. The third-order valence-electron chi connectivity index (χ3n) is 5.54. The highest BCUT2D eigenvalue weighted by Crippen LogP contribution is 2.20. The van der Waals surface area contributed by atoms with E-state index < -0.39 is 0 Å². The van der Waals surface area contributed by atoms with Gasteiger partial charge in [0.2, 0.25) is 0 Å². The number of aromatic amines is 1. The first-order valence-electron chi connectivity index (χ1n) is 9.76. The predicted octanol–water partition coefficient (Wildman–Crippen LogP) is 2.35. The molecule has 1 aromatic heterocycles. The van der Waals surface area contributed by atoms with Crippen LogP contribution in [0.25, 0.3) is 23.6 Å². The fourth-order valence-electron chi connectivity index (χ4n) is 3.94. The minimum atomic E-state index is -0.119. The van der Waals surface area contributed by atoms with E-state index in [1.165, 1.54) is 5.56 Å². The van der Waals surface area contributed by atoms with Crippen LogP contribution in [0.5, 0.6) is 0 Å². The van der Waals surface area contributed by atoms with Gasteiger partial charge in [-0.2, -0.15) is 0 Å². The second-order valence-corrected chi connectivity index (χ2v) is 8.72. The number of benzene rings is 2.